The number of aliphatic hydroxyl groups is 1. The van der Waals surface area contributed by atoms with E-state index in [1.165, 1.54) is 0 Å². The Kier molecular flexibility index (Phi) is 9.18. The Morgan fingerprint density at radius 1 is 1.21 bits per heavy atom. The second-order valence-electron chi connectivity index (χ2n) is 7.94. The predicted molar refractivity (Wildman–Crippen MR) is 131 cm³/mol. The number of benzene rings is 2. The van der Waals surface area contributed by atoms with Gasteiger partial charge in [0.25, 0.3) is 9.70 Å². The highest BCUT2D eigenvalue weighted by atomic mass is 35.6. The van der Waals surface area contributed by atoms with Crippen LogP contribution in [0.2, 0.25) is 0 Å². The molecule has 2 aromatic rings. The molecule has 6 nitrogen and oxygen atoms in total. The van der Waals surface area contributed by atoms with Gasteiger partial charge in [0.2, 0.25) is 0 Å². The largest absolute Gasteiger partial charge is 0.392 e. The molecule has 1 heterocycles. The van der Waals surface area contributed by atoms with E-state index in [0.29, 0.717) is 18.7 Å². The zero-order valence-electron chi connectivity index (χ0n) is 18.2. The summed E-state index contributed by atoms with van der Waals surface area (Å²) in [5.74, 6) is -0.749. The molecule has 9 heteroatoms. The first-order valence-corrected chi connectivity index (χ1v) is 11.6. The molecule has 33 heavy (non-hydrogen) atoms. The number of hydrogen-bond acceptors (Lipinski definition) is 5. The minimum atomic E-state index is -2.07. The summed E-state index contributed by atoms with van der Waals surface area (Å²) < 4.78 is 10.5. The summed E-state index contributed by atoms with van der Waals surface area (Å²) in [5.41, 5.74) is 3.02. The maximum atomic E-state index is 12.0. The number of likely N-dealkylation sites (N-methyl/N-ethyl adjacent to an activating group) is 1. The third kappa shape index (κ3) is 7.42. The molecule has 1 fully saturated rings. The number of carbonyl (C=O) groups is 1. The Morgan fingerprint density at radius 2 is 1.94 bits per heavy atom. The van der Waals surface area contributed by atoms with Gasteiger partial charge in [-0.1, -0.05) is 77.3 Å². The van der Waals surface area contributed by atoms with Crippen molar-refractivity contribution >= 4 is 46.4 Å². The molecular formula is C24H27Cl3N2O4. The Morgan fingerprint density at radius 3 is 2.58 bits per heavy atom. The molecule has 1 saturated heterocycles. The number of carbonyl (C=O) groups excluding carboxylic acids is 1. The third-order valence-electron chi connectivity index (χ3n) is 5.25. The molecule has 1 amide bonds. The molecule has 1 aliphatic rings. The summed E-state index contributed by atoms with van der Waals surface area (Å²) in [6.07, 6.45) is 1.54. The van der Waals surface area contributed by atoms with E-state index < -0.39 is 16.0 Å². The van der Waals surface area contributed by atoms with E-state index >= 15 is 0 Å². The van der Waals surface area contributed by atoms with Crippen LogP contribution in [0.25, 0.3) is 0 Å². The summed E-state index contributed by atoms with van der Waals surface area (Å²) in [6, 6.07) is 14.7. The van der Waals surface area contributed by atoms with E-state index in [9.17, 15) is 9.90 Å². The smallest absolute Gasteiger partial charge is 0.276 e. The minimum absolute atomic E-state index is 0.0147. The van der Waals surface area contributed by atoms with E-state index in [1.807, 2.05) is 43.5 Å². The highest BCUT2D eigenvalue weighted by molar-refractivity contribution is 6.76. The van der Waals surface area contributed by atoms with Gasteiger partial charge in [0.1, 0.15) is 0 Å². The van der Waals surface area contributed by atoms with Crippen LogP contribution in [0.4, 0.5) is 5.69 Å². The number of ether oxygens (including phenoxy) is 2. The predicted octanol–water partition coefficient (Wildman–Crippen LogP) is 5.15. The van der Waals surface area contributed by atoms with E-state index in [2.05, 4.69) is 16.8 Å². The number of halogens is 3. The number of amides is 1. The summed E-state index contributed by atoms with van der Waals surface area (Å²) in [5, 5.41) is 11.9. The van der Waals surface area contributed by atoms with Gasteiger partial charge < -0.3 is 24.8 Å². The van der Waals surface area contributed by atoms with Crippen molar-refractivity contribution < 1.29 is 19.4 Å². The van der Waals surface area contributed by atoms with Crippen molar-refractivity contribution in [2.24, 2.45) is 0 Å². The molecule has 0 aliphatic carbocycles. The van der Waals surface area contributed by atoms with E-state index in [4.69, 9.17) is 44.3 Å². The van der Waals surface area contributed by atoms with E-state index in [0.717, 1.165) is 23.2 Å². The first kappa shape index (κ1) is 26.0. The van der Waals surface area contributed by atoms with Crippen LogP contribution in [-0.4, -0.2) is 45.9 Å². The first-order valence-electron chi connectivity index (χ1n) is 10.5. The molecule has 178 valence electrons. The fraction of sp³-hybridized carbons (Fsp3) is 0.375. The number of nitrogens with one attached hydrogen (secondary N) is 1. The molecule has 0 radical (unpaired) electrons. The van der Waals surface area contributed by atoms with Crippen molar-refractivity contribution in [2.75, 3.05) is 25.5 Å². The van der Waals surface area contributed by atoms with Crippen LogP contribution >= 0.6 is 34.8 Å². The highest BCUT2D eigenvalue weighted by Gasteiger charge is 2.33. The van der Waals surface area contributed by atoms with Crippen molar-refractivity contribution in [3.8, 4) is 0 Å². The number of hydrogen-bond donors (Lipinski definition) is 2. The molecule has 1 aliphatic heterocycles. The fourth-order valence-electron chi connectivity index (χ4n) is 3.64. The van der Waals surface area contributed by atoms with Gasteiger partial charge >= 0.3 is 0 Å². The summed E-state index contributed by atoms with van der Waals surface area (Å²) in [4.78, 5) is 14.2. The molecule has 0 saturated carbocycles. The van der Waals surface area contributed by atoms with Gasteiger partial charge in [-0.15, -0.1) is 6.58 Å². The van der Waals surface area contributed by atoms with Gasteiger partial charge in [-0.2, -0.15) is 0 Å². The van der Waals surface area contributed by atoms with Crippen LogP contribution in [0.15, 0.2) is 61.2 Å². The Hall–Kier alpha value is -1.64. The maximum Gasteiger partial charge on any atom is 0.276 e. The molecule has 0 bridgehead atoms. The molecule has 0 spiro atoms. The lowest BCUT2D eigenvalue weighted by molar-refractivity contribution is -0.252. The number of rotatable bonds is 8. The summed E-state index contributed by atoms with van der Waals surface area (Å²) in [6.45, 7) is 5.21. The maximum absolute atomic E-state index is 12.0. The molecule has 0 aromatic heterocycles. The van der Waals surface area contributed by atoms with Crippen LogP contribution in [0.3, 0.4) is 0 Å². The standard InChI is InChI=1S/C24H27Cl3N2O4/c1-3-11-29(2)14-20-13-21(17-9-7-16(15-30)8-10-17)33-22(32-20)18-5-4-6-19(12-18)28-23(31)24(25,26)27/h3-10,12,20-22,30H,1,11,13-15H2,2H3,(H,28,31)/t20-,21+,22+/m0/s1. The van der Waals surface area contributed by atoms with E-state index in [-0.39, 0.29) is 18.8 Å². The zero-order chi connectivity index (χ0) is 24.0. The van der Waals surface area contributed by atoms with Gasteiger partial charge in [-0.25, -0.2) is 0 Å². The summed E-state index contributed by atoms with van der Waals surface area (Å²) >= 11 is 17.0. The number of aliphatic hydroxyl groups excluding tert-OH is 1. The fourth-order valence-corrected chi connectivity index (χ4v) is 3.78. The van der Waals surface area contributed by atoms with Gasteiger partial charge in [-0.3, -0.25) is 4.79 Å². The van der Waals surface area contributed by atoms with Gasteiger partial charge in [0.15, 0.2) is 6.29 Å². The topological polar surface area (TPSA) is 71.0 Å². The van der Waals surface area contributed by atoms with Crippen molar-refractivity contribution in [3.63, 3.8) is 0 Å². The average Bonchev–Trinajstić information content (AvgIpc) is 2.78. The van der Waals surface area contributed by atoms with Crippen LogP contribution in [0.5, 0.6) is 0 Å². The Labute approximate surface area is 209 Å². The lowest BCUT2D eigenvalue weighted by Crippen LogP contribution is -2.37. The average molecular weight is 514 g/mol. The minimum Gasteiger partial charge on any atom is -0.392 e. The van der Waals surface area contributed by atoms with Crippen molar-refractivity contribution in [1.29, 1.82) is 0 Å². The van der Waals surface area contributed by atoms with Gasteiger partial charge in [-0.05, 0) is 30.3 Å². The SMILES string of the molecule is C=CCN(C)C[C@@H]1C[C@H](c2ccc(CO)cc2)O[C@H](c2cccc(NC(=O)C(Cl)(Cl)Cl)c2)O1. The van der Waals surface area contributed by atoms with Crippen LogP contribution < -0.4 is 5.32 Å². The third-order valence-corrected chi connectivity index (χ3v) is 5.76. The molecule has 0 unspecified atom stereocenters. The van der Waals surface area contributed by atoms with Crippen molar-refractivity contribution in [2.45, 2.75) is 35.3 Å². The van der Waals surface area contributed by atoms with Crippen LogP contribution in [0, 0.1) is 0 Å². The van der Waals surface area contributed by atoms with Gasteiger partial charge in [0, 0.05) is 30.8 Å². The molecule has 2 aromatic carbocycles. The van der Waals surface area contributed by atoms with Crippen molar-refractivity contribution in [1.82, 2.24) is 4.90 Å². The first-order chi connectivity index (χ1) is 15.7. The Bertz CT molecular complexity index is 949. The zero-order valence-corrected chi connectivity index (χ0v) is 20.5. The monoisotopic (exact) mass is 512 g/mol. The highest BCUT2D eigenvalue weighted by Crippen LogP contribution is 2.38. The molecular weight excluding hydrogens is 487 g/mol. The number of alkyl halides is 3. The molecule has 2 N–H and O–H groups in total. The van der Waals surface area contributed by atoms with E-state index in [1.54, 1.807) is 18.2 Å². The summed E-state index contributed by atoms with van der Waals surface area (Å²) in [7, 11) is 2.01. The normalized spacial score (nSPS) is 21.1. The number of anilines is 1. The quantitative estimate of drug-likeness (QED) is 0.377. The number of nitrogens with zero attached hydrogens (tertiary/aromatic N) is 1. The molecule has 3 atom stereocenters. The Balaban J connectivity index is 1.83. The van der Waals surface area contributed by atoms with Crippen LogP contribution in [0.1, 0.15) is 35.5 Å². The second-order valence-corrected chi connectivity index (χ2v) is 10.2. The molecule has 3 rings (SSSR count). The van der Waals surface area contributed by atoms with Crippen molar-refractivity contribution in [3.05, 3.63) is 77.9 Å². The lowest BCUT2D eigenvalue weighted by Gasteiger charge is -2.37. The van der Waals surface area contributed by atoms with Crippen LogP contribution in [-0.2, 0) is 20.9 Å². The lowest BCUT2D eigenvalue weighted by atomic mass is 9.99. The second kappa shape index (κ2) is 11.7. The van der Waals surface area contributed by atoms with Gasteiger partial charge in [0.05, 0.1) is 18.8 Å².